The highest BCUT2D eigenvalue weighted by molar-refractivity contribution is 6.30. The lowest BCUT2D eigenvalue weighted by molar-refractivity contribution is -0.170. The number of hydrogen-bond donors (Lipinski definition) is 0. The number of benzene rings is 2. The third-order valence-corrected chi connectivity index (χ3v) is 5.35. The molecule has 0 N–H and O–H groups in total. The van der Waals surface area contributed by atoms with E-state index >= 15 is 0 Å². The van der Waals surface area contributed by atoms with Crippen molar-refractivity contribution in [3.8, 4) is 0 Å². The Balaban J connectivity index is 1.64. The van der Waals surface area contributed by atoms with Gasteiger partial charge in [0, 0.05) is 13.1 Å². The molecule has 2 aromatic carbocycles. The summed E-state index contributed by atoms with van der Waals surface area (Å²) in [4.78, 5) is 2.35. The summed E-state index contributed by atoms with van der Waals surface area (Å²) in [6, 6.07) is 15.4. The molecule has 134 valence electrons. The van der Waals surface area contributed by atoms with Crippen LogP contribution in [-0.4, -0.2) is 23.7 Å². The van der Waals surface area contributed by atoms with Crippen LogP contribution >= 0.6 is 11.6 Å². The fourth-order valence-electron chi connectivity index (χ4n) is 3.47. The number of hydrogen-bond acceptors (Lipinski definition) is 2. The summed E-state index contributed by atoms with van der Waals surface area (Å²) in [6.45, 7) is 4.50. The van der Waals surface area contributed by atoms with Crippen molar-refractivity contribution in [2.24, 2.45) is 0 Å². The van der Waals surface area contributed by atoms with Gasteiger partial charge >= 0.3 is 0 Å². The average Bonchev–Trinajstić information content (AvgIpc) is 2.63. The molecule has 2 nitrogen and oxygen atoms in total. The predicted molar refractivity (Wildman–Crippen MR) is 100 cm³/mol. The number of ether oxygens (including phenoxy) is 1. The molecule has 0 amide bonds. The van der Waals surface area contributed by atoms with Crippen LogP contribution in [0.2, 0.25) is 5.02 Å². The molecule has 2 aromatic rings. The topological polar surface area (TPSA) is 12.5 Å². The fourth-order valence-corrected chi connectivity index (χ4v) is 3.67. The maximum absolute atomic E-state index is 14.1. The molecule has 1 unspecified atom stereocenters. The van der Waals surface area contributed by atoms with E-state index in [1.807, 2.05) is 30.3 Å². The molecular weight excluding hydrogens is 337 g/mol. The maximum Gasteiger partial charge on any atom is 0.145 e. The molecule has 1 saturated heterocycles. The van der Waals surface area contributed by atoms with Gasteiger partial charge in [-0.15, -0.1) is 0 Å². The summed E-state index contributed by atoms with van der Waals surface area (Å²) in [5.74, 6) is -0.298. The quantitative estimate of drug-likeness (QED) is 0.679. The van der Waals surface area contributed by atoms with E-state index in [1.165, 1.54) is 5.56 Å². The zero-order chi connectivity index (χ0) is 17.7. The molecule has 0 saturated carbocycles. The Morgan fingerprint density at radius 3 is 2.72 bits per heavy atom. The van der Waals surface area contributed by atoms with Gasteiger partial charge < -0.3 is 4.74 Å². The van der Waals surface area contributed by atoms with Gasteiger partial charge in [-0.1, -0.05) is 54.1 Å². The molecule has 0 radical (unpaired) electrons. The van der Waals surface area contributed by atoms with E-state index in [1.54, 1.807) is 6.07 Å². The molecule has 0 aliphatic carbocycles. The van der Waals surface area contributed by atoms with Gasteiger partial charge in [0.25, 0.3) is 0 Å². The minimum absolute atomic E-state index is 0.194. The molecule has 1 aliphatic rings. The van der Waals surface area contributed by atoms with Crippen molar-refractivity contribution in [3.05, 3.63) is 70.5 Å². The first-order chi connectivity index (χ1) is 12.1. The lowest BCUT2D eigenvalue weighted by Crippen LogP contribution is -2.52. The number of rotatable bonds is 6. The van der Waals surface area contributed by atoms with E-state index < -0.39 is 0 Å². The highest BCUT2D eigenvalue weighted by atomic mass is 35.5. The lowest BCUT2D eigenvalue weighted by Gasteiger charge is -2.44. The molecule has 1 fully saturated rings. The molecule has 3 rings (SSSR count). The van der Waals surface area contributed by atoms with Crippen LogP contribution in [0.5, 0.6) is 0 Å². The highest BCUT2D eigenvalue weighted by Crippen LogP contribution is 2.30. The first-order valence-corrected chi connectivity index (χ1v) is 9.32. The van der Waals surface area contributed by atoms with Crippen molar-refractivity contribution in [2.75, 3.05) is 13.1 Å². The Kier molecular flexibility index (Phi) is 6.10. The molecule has 1 heterocycles. The Labute approximate surface area is 154 Å². The van der Waals surface area contributed by atoms with Crippen LogP contribution in [0, 0.1) is 5.82 Å². The van der Waals surface area contributed by atoms with E-state index in [-0.39, 0.29) is 16.6 Å². The summed E-state index contributed by atoms with van der Waals surface area (Å²) < 4.78 is 20.5. The average molecular weight is 362 g/mol. The smallest absolute Gasteiger partial charge is 0.145 e. The standard InChI is InChI=1S/C21H25ClFNO/c1-21(25-16-17-8-3-2-4-9-17)13-5-6-14-24(21)15-12-18-10-7-11-19(22)20(18)23/h2-4,7-11H,5-6,12-16H2,1H3. The fraction of sp³-hybridized carbons (Fsp3) is 0.429. The third-order valence-electron chi connectivity index (χ3n) is 5.06. The van der Waals surface area contributed by atoms with Gasteiger partial charge in [0.2, 0.25) is 0 Å². The molecule has 4 heteroatoms. The van der Waals surface area contributed by atoms with Gasteiger partial charge in [0.05, 0.1) is 11.6 Å². The van der Waals surface area contributed by atoms with Gasteiger partial charge in [-0.05, 0) is 49.8 Å². The van der Waals surface area contributed by atoms with Gasteiger partial charge in [-0.25, -0.2) is 4.39 Å². The lowest BCUT2D eigenvalue weighted by atomic mass is 9.98. The van der Waals surface area contributed by atoms with Crippen molar-refractivity contribution in [2.45, 2.75) is 44.9 Å². The van der Waals surface area contributed by atoms with E-state index in [0.29, 0.717) is 18.6 Å². The normalized spacial score (nSPS) is 21.4. The van der Waals surface area contributed by atoms with Crippen LogP contribution in [0.1, 0.15) is 37.3 Å². The zero-order valence-corrected chi connectivity index (χ0v) is 15.4. The second kappa shape index (κ2) is 8.31. The van der Waals surface area contributed by atoms with Crippen molar-refractivity contribution < 1.29 is 9.13 Å². The van der Waals surface area contributed by atoms with Crippen LogP contribution in [0.3, 0.4) is 0 Å². The number of nitrogens with zero attached hydrogens (tertiary/aromatic N) is 1. The molecule has 1 atom stereocenters. The SMILES string of the molecule is CC1(OCc2ccccc2)CCCCN1CCc1cccc(Cl)c1F. The van der Waals surface area contributed by atoms with Crippen molar-refractivity contribution >= 4 is 11.6 Å². The molecule has 25 heavy (non-hydrogen) atoms. The molecular formula is C21H25ClFNO. The first-order valence-electron chi connectivity index (χ1n) is 8.94. The Morgan fingerprint density at radius 1 is 1.12 bits per heavy atom. The van der Waals surface area contributed by atoms with E-state index in [9.17, 15) is 4.39 Å². The molecule has 0 bridgehead atoms. The number of piperidine rings is 1. The summed E-state index contributed by atoms with van der Waals surface area (Å²) in [7, 11) is 0. The summed E-state index contributed by atoms with van der Waals surface area (Å²) in [6.07, 6.45) is 3.95. The van der Waals surface area contributed by atoms with Crippen LogP contribution in [0.15, 0.2) is 48.5 Å². The van der Waals surface area contributed by atoms with Gasteiger partial charge in [0.15, 0.2) is 0 Å². The largest absolute Gasteiger partial charge is 0.356 e. The number of likely N-dealkylation sites (tertiary alicyclic amines) is 1. The van der Waals surface area contributed by atoms with Crippen molar-refractivity contribution in [1.29, 1.82) is 0 Å². The Morgan fingerprint density at radius 2 is 1.92 bits per heavy atom. The molecule has 0 aromatic heterocycles. The maximum atomic E-state index is 14.1. The Hall–Kier alpha value is -1.42. The van der Waals surface area contributed by atoms with Gasteiger partial charge in [-0.2, -0.15) is 0 Å². The first kappa shape index (κ1) is 18.4. The summed E-state index contributed by atoms with van der Waals surface area (Å²) in [5, 5.41) is 0.194. The summed E-state index contributed by atoms with van der Waals surface area (Å²) >= 11 is 5.90. The predicted octanol–water partition coefficient (Wildman–Crippen LogP) is 5.44. The zero-order valence-electron chi connectivity index (χ0n) is 14.7. The van der Waals surface area contributed by atoms with Crippen LogP contribution in [0.4, 0.5) is 4.39 Å². The van der Waals surface area contributed by atoms with Gasteiger partial charge in [0.1, 0.15) is 11.5 Å². The van der Waals surface area contributed by atoms with Crippen LogP contribution < -0.4 is 0 Å². The highest BCUT2D eigenvalue weighted by Gasteiger charge is 2.35. The van der Waals surface area contributed by atoms with E-state index in [2.05, 4.69) is 24.0 Å². The third kappa shape index (κ3) is 4.60. The van der Waals surface area contributed by atoms with Crippen molar-refractivity contribution in [1.82, 2.24) is 4.90 Å². The summed E-state index contributed by atoms with van der Waals surface area (Å²) in [5.41, 5.74) is 1.54. The van der Waals surface area contributed by atoms with Crippen LogP contribution in [-0.2, 0) is 17.8 Å². The Bertz CT molecular complexity index is 694. The second-order valence-corrected chi connectivity index (χ2v) is 7.26. The monoisotopic (exact) mass is 361 g/mol. The molecule has 1 aliphatic heterocycles. The second-order valence-electron chi connectivity index (χ2n) is 6.86. The minimum atomic E-state index is -0.302. The van der Waals surface area contributed by atoms with E-state index in [0.717, 1.165) is 32.4 Å². The minimum Gasteiger partial charge on any atom is -0.356 e. The van der Waals surface area contributed by atoms with Crippen molar-refractivity contribution in [3.63, 3.8) is 0 Å². The number of halogens is 2. The van der Waals surface area contributed by atoms with Crippen LogP contribution in [0.25, 0.3) is 0 Å². The molecule has 0 spiro atoms. The van der Waals surface area contributed by atoms with E-state index in [4.69, 9.17) is 16.3 Å². The van der Waals surface area contributed by atoms with Gasteiger partial charge in [-0.3, -0.25) is 4.90 Å².